The van der Waals surface area contributed by atoms with Crippen LogP contribution in [0.1, 0.15) is 13.8 Å². The predicted molar refractivity (Wildman–Crippen MR) is 36.1 cm³/mol. The van der Waals surface area contributed by atoms with Crippen molar-refractivity contribution in [1.82, 2.24) is 0 Å². The van der Waals surface area contributed by atoms with E-state index >= 15 is 0 Å². The zero-order valence-corrected chi connectivity index (χ0v) is 5.79. The summed E-state index contributed by atoms with van der Waals surface area (Å²) in [5, 5.41) is 8.48. The van der Waals surface area contributed by atoms with Crippen LogP contribution in [-0.4, -0.2) is 17.5 Å². The van der Waals surface area contributed by atoms with Gasteiger partial charge < -0.3 is 5.11 Å². The van der Waals surface area contributed by atoms with Crippen molar-refractivity contribution in [3.63, 3.8) is 0 Å². The van der Waals surface area contributed by atoms with Crippen molar-refractivity contribution < 1.29 is 9.90 Å². The van der Waals surface area contributed by atoms with Gasteiger partial charge in [0.2, 0.25) is 0 Å². The Balaban J connectivity index is 3.73. The maximum absolute atomic E-state index is 10.7. The van der Waals surface area contributed by atoms with Crippen molar-refractivity contribution in [3.05, 3.63) is 12.2 Å². The van der Waals surface area contributed by atoms with Gasteiger partial charge in [-0.05, 0) is 13.0 Å². The van der Waals surface area contributed by atoms with Crippen LogP contribution in [0.15, 0.2) is 12.2 Å². The molecule has 0 aromatic heterocycles. The van der Waals surface area contributed by atoms with Crippen LogP contribution in [0.2, 0.25) is 0 Å². The molecule has 0 aromatic carbocycles. The Bertz CT molecular complexity index is 116. The fourth-order valence-corrected chi connectivity index (χ4v) is 0.419. The van der Waals surface area contributed by atoms with Gasteiger partial charge in [-0.2, -0.15) is 0 Å². The van der Waals surface area contributed by atoms with Gasteiger partial charge >= 0.3 is 0 Å². The van der Waals surface area contributed by atoms with Gasteiger partial charge in [-0.25, -0.2) is 0 Å². The second kappa shape index (κ2) is 4.27. The molecule has 0 radical (unpaired) electrons. The molecular formula is C7H12O2. The third-order valence-electron chi connectivity index (χ3n) is 1.09. The summed E-state index contributed by atoms with van der Waals surface area (Å²) < 4.78 is 0. The molecule has 0 amide bonds. The first kappa shape index (κ1) is 8.37. The van der Waals surface area contributed by atoms with E-state index in [9.17, 15) is 4.79 Å². The fourth-order valence-electron chi connectivity index (χ4n) is 0.419. The smallest absolute Gasteiger partial charge is 0.160 e. The predicted octanol–water partition coefficient (Wildman–Crippen LogP) is 0.760. The fraction of sp³-hybridized carbons (Fsp3) is 0.571. The second-order valence-corrected chi connectivity index (χ2v) is 1.99. The first-order valence-corrected chi connectivity index (χ1v) is 2.99. The molecule has 0 saturated heterocycles. The van der Waals surface area contributed by atoms with Crippen molar-refractivity contribution in [1.29, 1.82) is 0 Å². The van der Waals surface area contributed by atoms with Gasteiger partial charge in [0.1, 0.15) is 0 Å². The summed E-state index contributed by atoms with van der Waals surface area (Å²) in [5.41, 5.74) is 0. The summed E-state index contributed by atoms with van der Waals surface area (Å²) in [4.78, 5) is 10.7. The Morgan fingerprint density at radius 2 is 2.33 bits per heavy atom. The topological polar surface area (TPSA) is 37.3 Å². The quantitative estimate of drug-likeness (QED) is 0.570. The zero-order valence-electron chi connectivity index (χ0n) is 5.79. The van der Waals surface area contributed by atoms with Gasteiger partial charge in [0.05, 0.1) is 6.61 Å². The normalized spacial score (nSPS) is 14.1. The van der Waals surface area contributed by atoms with Crippen LogP contribution >= 0.6 is 0 Å². The SMILES string of the molecule is C/C=C/C(=O)C(C)CO. The Morgan fingerprint density at radius 1 is 1.78 bits per heavy atom. The lowest BCUT2D eigenvalue weighted by Gasteiger charge is -1.99. The number of carbonyl (C=O) groups excluding carboxylic acids is 1. The molecule has 2 nitrogen and oxygen atoms in total. The van der Waals surface area contributed by atoms with Crippen molar-refractivity contribution in [2.24, 2.45) is 5.92 Å². The average Bonchev–Trinajstić information content (AvgIpc) is 1.87. The highest BCUT2D eigenvalue weighted by Gasteiger charge is 2.05. The van der Waals surface area contributed by atoms with E-state index in [0.29, 0.717) is 0 Å². The minimum Gasteiger partial charge on any atom is -0.396 e. The molecule has 1 atom stereocenters. The van der Waals surface area contributed by atoms with E-state index in [2.05, 4.69) is 0 Å². The molecule has 1 unspecified atom stereocenters. The molecule has 0 rings (SSSR count). The zero-order chi connectivity index (χ0) is 7.28. The summed E-state index contributed by atoms with van der Waals surface area (Å²) in [5.74, 6) is -0.263. The monoisotopic (exact) mass is 128 g/mol. The largest absolute Gasteiger partial charge is 0.396 e. The van der Waals surface area contributed by atoms with E-state index < -0.39 is 0 Å². The second-order valence-electron chi connectivity index (χ2n) is 1.99. The standard InChI is InChI=1S/C7H12O2/c1-3-4-7(9)6(2)5-8/h3-4,6,8H,5H2,1-2H3/b4-3+. The Labute approximate surface area is 55.2 Å². The molecule has 1 N–H and O–H groups in total. The number of rotatable bonds is 3. The van der Waals surface area contributed by atoms with Crippen molar-refractivity contribution in [3.8, 4) is 0 Å². The van der Waals surface area contributed by atoms with Gasteiger partial charge in [-0.1, -0.05) is 13.0 Å². The summed E-state index contributed by atoms with van der Waals surface area (Å²) in [6, 6.07) is 0. The maximum Gasteiger partial charge on any atom is 0.160 e. The molecule has 0 spiro atoms. The summed E-state index contributed by atoms with van der Waals surface area (Å²) in [7, 11) is 0. The third-order valence-corrected chi connectivity index (χ3v) is 1.09. The highest BCUT2D eigenvalue weighted by atomic mass is 16.3. The van der Waals surface area contributed by atoms with Crippen molar-refractivity contribution in [2.75, 3.05) is 6.61 Å². The number of carbonyl (C=O) groups is 1. The van der Waals surface area contributed by atoms with E-state index in [4.69, 9.17) is 5.11 Å². The van der Waals surface area contributed by atoms with Crippen molar-refractivity contribution >= 4 is 5.78 Å². The summed E-state index contributed by atoms with van der Waals surface area (Å²) in [6.45, 7) is 3.41. The highest BCUT2D eigenvalue weighted by molar-refractivity contribution is 5.91. The minimum absolute atomic E-state index is 0.0139. The molecule has 2 heteroatoms. The molecule has 0 saturated carbocycles. The van der Waals surface area contributed by atoms with E-state index in [1.54, 1.807) is 19.9 Å². The highest BCUT2D eigenvalue weighted by Crippen LogP contribution is 1.95. The Hall–Kier alpha value is -0.630. The van der Waals surface area contributed by atoms with Crippen LogP contribution in [0, 0.1) is 5.92 Å². The first-order chi connectivity index (χ1) is 4.22. The van der Waals surface area contributed by atoms with Crippen molar-refractivity contribution in [2.45, 2.75) is 13.8 Å². The molecule has 52 valence electrons. The molecule has 0 fully saturated rings. The Kier molecular flexibility index (Phi) is 3.97. The summed E-state index contributed by atoms with van der Waals surface area (Å²) >= 11 is 0. The van der Waals surface area contributed by atoms with Gasteiger partial charge in [-0.15, -0.1) is 0 Å². The number of hydrogen-bond donors (Lipinski definition) is 1. The van der Waals surface area contributed by atoms with E-state index in [0.717, 1.165) is 0 Å². The molecule has 9 heavy (non-hydrogen) atoms. The first-order valence-electron chi connectivity index (χ1n) is 2.99. The number of aliphatic hydroxyl groups is 1. The third kappa shape index (κ3) is 3.03. The lowest BCUT2D eigenvalue weighted by Crippen LogP contribution is -2.11. The van der Waals surface area contributed by atoms with Crippen LogP contribution in [-0.2, 0) is 4.79 Å². The lowest BCUT2D eigenvalue weighted by atomic mass is 10.1. The summed E-state index contributed by atoms with van der Waals surface area (Å²) in [6.07, 6.45) is 3.15. The number of ketones is 1. The maximum atomic E-state index is 10.7. The average molecular weight is 128 g/mol. The molecular weight excluding hydrogens is 116 g/mol. The van der Waals surface area contributed by atoms with Crippen LogP contribution in [0.3, 0.4) is 0 Å². The molecule has 0 heterocycles. The number of hydrogen-bond acceptors (Lipinski definition) is 2. The number of allylic oxidation sites excluding steroid dienone is 2. The minimum atomic E-state index is -0.249. The molecule has 0 aliphatic carbocycles. The van der Waals surface area contributed by atoms with Gasteiger partial charge in [-0.3, -0.25) is 4.79 Å². The number of aliphatic hydroxyl groups excluding tert-OH is 1. The molecule has 0 bridgehead atoms. The van der Waals surface area contributed by atoms with Crippen LogP contribution in [0.4, 0.5) is 0 Å². The van der Waals surface area contributed by atoms with E-state index in [1.807, 2.05) is 0 Å². The van der Waals surface area contributed by atoms with Gasteiger partial charge in [0.15, 0.2) is 5.78 Å². The van der Waals surface area contributed by atoms with E-state index in [-0.39, 0.29) is 18.3 Å². The molecule has 0 aromatic rings. The Morgan fingerprint density at radius 3 is 2.67 bits per heavy atom. The van der Waals surface area contributed by atoms with E-state index in [1.165, 1.54) is 6.08 Å². The van der Waals surface area contributed by atoms with Crippen LogP contribution < -0.4 is 0 Å². The molecule has 0 aliphatic rings. The van der Waals surface area contributed by atoms with Crippen LogP contribution in [0.25, 0.3) is 0 Å². The molecule has 0 aliphatic heterocycles. The van der Waals surface area contributed by atoms with Gasteiger partial charge in [0, 0.05) is 5.92 Å². The van der Waals surface area contributed by atoms with Gasteiger partial charge in [0.25, 0.3) is 0 Å². The lowest BCUT2D eigenvalue weighted by molar-refractivity contribution is -0.118. The van der Waals surface area contributed by atoms with Crippen LogP contribution in [0.5, 0.6) is 0 Å².